The second-order valence-electron chi connectivity index (χ2n) is 6.55. The third kappa shape index (κ3) is 3.39. The van der Waals surface area contributed by atoms with Gasteiger partial charge in [-0.2, -0.15) is 0 Å². The first-order valence-corrected chi connectivity index (χ1v) is 9.43. The highest BCUT2D eigenvalue weighted by molar-refractivity contribution is 8.26. The molecule has 2 aromatic rings. The van der Waals surface area contributed by atoms with Gasteiger partial charge in [-0.1, -0.05) is 50.0 Å². The molecule has 6 nitrogen and oxygen atoms in total. The van der Waals surface area contributed by atoms with E-state index in [9.17, 15) is 14.7 Å². The summed E-state index contributed by atoms with van der Waals surface area (Å²) in [5.41, 5.74) is 1.79. The van der Waals surface area contributed by atoms with E-state index in [1.54, 1.807) is 6.08 Å². The largest absolute Gasteiger partial charge is 0.480 e. The smallest absolute Gasteiger partial charge is 0.326 e. The Kier molecular flexibility index (Phi) is 5.15. The van der Waals surface area contributed by atoms with Crippen molar-refractivity contribution < 1.29 is 14.7 Å². The van der Waals surface area contributed by atoms with Crippen LogP contribution < -0.4 is 0 Å². The lowest BCUT2D eigenvalue weighted by atomic mass is 10.0. The van der Waals surface area contributed by atoms with E-state index in [4.69, 9.17) is 12.2 Å². The zero-order valence-corrected chi connectivity index (χ0v) is 16.3. The van der Waals surface area contributed by atoms with Crippen LogP contribution in [0.2, 0.25) is 0 Å². The predicted molar refractivity (Wildman–Crippen MR) is 107 cm³/mol. The molecule has 136 valence electrons. The summed E-state index contributed by atoms with van der Waals surface area (Å²) in [7, 11) is 1.88. The Morgan fingerprint density at radius 1 is 1.38 bits per heavy atom. The zero-order valence-electron chi connectivity index (χ0n) is 14.7. The molecule has 1 aliphatic rings. The number of thiocarbonyl (C=S) groups is 1. The van der Waals surface area contributed by atoms with Gasteiger partial charge in [0.25, 0.3) is 5.91 Å². The lowest BCUT2D eigenvalue weighted by Crippen LogP contribution is -2.44. The second kappa shape index (κ2) is 7.20. The number of carboxylic acids is 1. The summed E-state index contributed by atoms with van der Waals surface area (Å²) in [6.07, 6.45) is 2.02. The van der Waals surface area contributed by atoms with Crippen LogP contribution in [0.15, 0.2) is 29.2 Å². The van der Waals surface area contributed by atoms with Gasteiger partial charge < -0.3 is 9.67 Å². The molecule has 0 unspecified atom stereocenters. The van der Waals surface area contributed by atoms with E-state index in [0.717, 1.165) is 22.8 Å². The fourth-order valence-corrected chi connectivity index (χ4v) is 4.25. The number of amides is 1. The van der Waals surface area contributed by atoms with Gasteiger partial charge in [0.2, 0.25) is 0 Å². The van der Waals surface area contributed by atoms with Crippen molar-refractivity contribution in [1.29, 1.82) is 0 Å². The highest BCUT2D eigenvalue weighted by Crippen LogP contribution is 2.35. The highest BCUT2D eigenvalue weighted by Gasteiger charge is 2.40. The number of carbonyl (C=O) groups is 2. The number of fused-ring (bicyclic) bond motifs is 1. The van der Waals surface area contributed by atoms with Gasteiger partial charge in [0.05, 0.1) is 15.9 Å². The first kappa shape index (κ1) is 18.6. The number of carbonyl (C=O) groups excluding carboxylic acids is 1. The maximum atomic E-state index is 12.8. The van der Waals surface area contributed by atoms with Crippen molar-refractivity contribution in [3.63, 3.8) is 0 Å². The second-order valence-corrected chi connectivity index (χ2v) is 8.23. The molecule has 0 bridgehead atoms. The van der Waals surface area contributed by atoms with E-state index in [-0.39, 0.29) is 16.1 Å². The van der Waals surface area contributed by atoms with E-state index >= 15 is 0 Å². The van der Waals surface area contributed by atoms with Crippen LogP contribution in [-0.4, -0.2) is 41.8 Å². The Morgan fingerprint density at radius 3 is 2.69 bits per heavy atom. The minimum Gasteiger partial charge on any atom is -0.480 e. The number of imidazole rings is 1. The van der Waals surface area contributed by atoms with Crippen LogP contribution in [0.25, 0.3) is 17.1 Å². The molecule has 0 aliphatic carbocycles. The molecule has 1 fully saturated rings. The monoisotopic (exact) mass is 389 g/mol. The molecule has 0 radical (unpaired) electrons. The predicted octanol–water partition coefficient (Wildman–Crippen LogP) is 3.27. The average Bonchev–Trinajstić information content (AvgIpc) is 3.03. The van der Waals surface area contributed by atoms with Crippen LogP contribution >= 0.6 is 24.0 Å². The van der Waals surface area contributed by atoms with E-state index in [2.05, 4.69) is 4.98 Å². The van der Waals surface area contributed by atoms with Crippen LogP contribution in [0, 0.1) is 5.92 Å². The summed E-state index contributed by atoms with van der Waals surface area (Å²) >= 11 is 6.41. The fourth-order valence-electron chi connectivity index (χ4n) is 2.92. The summed E-state index contributed by atoms with van der Waals surface area (Å²) in [5.74, 6) is -0.661. The Labute approximate surface area is 160 Å². The molecule has 0 saturated carbocycles. The Morgan fingerprint density at radius 2 is 2.08 bits per heavy atom. The summed E-state index contributed by atoms with van der Waals surface area (Å²) in [6.45, 7) is 3.84. The Bertz CT molecular complexity index is 933. The normalized spacial score (nSPS) is 17.7. The van der Waals surface area contributed by atoms with E-state index in [0.29, 0.717) is 17.2 Å². The zero-order chi connectivity index (χ0) is 19.0. The van der Waals surface area contributed by atoms with Crippen LogP contribution in [0.3, 0.4) is 0 Å². The molecule has 8 heteroatoms. The van der Waals surface area contributed by atoms with Gasteiger partial charge in [-0.25, -0.2) is 9.78 Å². The molecule has 1 saturated heterocycles. The lowest BCUT2D eigenvalue weighted by molar-refractivity contribution is -0.145. The Balaban J connectivity index is 1.96. The van der Waals surface area contributed by atoms with Crippen molar-refractivity contribution in [2.75, 3.05) is 0 Å². The van der Waals surface area contributed by atoms with Gasteiger partial charge in [0.1, 0.15) is 16.2 Å². The molecule has 3 rings (SSSR count). The number of thioether (sulfide) groups is 1. The van der Waals surface area contributed by atoms with Gasteiger partial charge in [0.15, 0.2) is 0 Å². The van der Waals surface area contributed by atoms with E-state index in [1.165, 1.54) is 4.90 Å². The number of rotatable bonds is 5. The summed E-state index contributed by atoms with van der Waals surface area (Å²) in [6, 6.07) is 6.74. The molecule has 1 N–H and O–H groups in total. The minimum absolute atomic E-state index is 0.129. The molecular formula is C18H19N3O3S2. The molecule has 1 aromatic heterocycles. The van der Waals surface area contributed by atoms with Gasteiger partial charge in [-0.15, -0.1) is 0 Å². The lowest BCUT2D eigenvalue weighted by Gasteiger charge is -2.24. The van der Waals surface area contributed by atoms with Crippen LogP contribution in [-0.2, 0) is 16.6 Å². The first-order valence-electron chi connectivity index (χ1n) is 8.21. The Hall–Kier alpha value is -2.19. The van der Waals surface area contributed by atoms with Crippen LogP contribution in [0.5, 0.6) is 0 Å². The molecule has 1 amide bonds. The van der Waals surface area contributed by atoms with Gasteiger partial charge in [-0.05, 0) is 24.5 Å². The highest BCUT2D eigenvalue weighted by atomic mass is 32.2. The van der Waals surface area contributed by atoms with Crippen LogP contribution in [0.4, 0.5) is 0 Å². The van der Waals surface area contributed by atoms with Crippen molar-refractivity contribution in [1.82, 2.24) is 14.5 Å². The van der Waals surface area contributed by atoms with Gasteiger partial charge >= 0.3 is 5.97 Å². The topological polar surface area (TPSA) is 75.4 Å². The number of nitrogens with zero attached hydrogens (tertiary/aromatic N) is 3. The van der Waals surface area contributed by atoms with Crippen molar-refractivity contribution in [3.05, 3.63) is 35.0 Å². The maximum Gasteiger partial charge on any atom is 0.326 e. The quantitative estimate of drug-likeness (QED) is 0.625. The van der Waals surface area contributed by atoms with E-state index in [1.807, 2.05) is 49.7 Å². The van der Waals surface area contributed by atoms with Gasteiger partial charge in [0, 0.05) is 13.1 Å². The van der Waals surface area contributed by atoms with E-state index < -0.39 is 12.0 Å². The average molecular weight is 390 g/mol. The number of aliphatic carboxylic acids is 1. The number of aromatic nitrogens is 2. The number of carboxylic acid groups (broad SMARTS) is 1. The number of hydrogen-bond acceptors (Lipinski definition) is 5. The fraction of sp³-hybridized carbons (Fsp3) is 0.333. The van der Waals surface area contributed by atoms with Crippen molar-refractivity contribution in [2.24, 2.45) is 13.0 Å². The SMILES string of the molecule is CC(C)C[C@@H](C(=O)O)N1C(=O)/C(=C\c2nc3ccccc3n2C)SC1=S. The molecule has 1 aliphatic heterocycles. The maximum absolute atomic E-state index is 12.8. The molecule has 2 heterocycles. The van der Waals surface area contributed by atoms with Crippen molar-refractivity contribution in [3.8, 4) is 0 Å². The number of benzene rings is 1. The van der Waals surface area contributed by atoms with Crippen molar-refractivity contribution >= 4 is 57.3 Å². The molecule has 1 atom stereocenters. The molecule has 1 aromatic carbocycles. The number of para-hydroxylation sites is 2. The summed E-state index contributed by atoms with van der Waals surface area (Å²) in [4.78, 5) is 30.6. The third-order valence-electron chi connectivity index (χ3n) is 4.20. The van der Waals surface area contributed by atoms with Crippen molar-refractivity contribution in [2.45, 2.75) is 26.3 Å². The van der Waals surface area contributed by atoms with Gasteiger partial charge in [-0.3, -0.25) is 9.69 Å². The molecular weight excluding hydrogens is 370 g/mol. The van der Waals surface area contributed by atoms with Crippen LogP contribution in [0.1, 0.15) is 26.1 Å². The number of hydrogen-bond donors (Lipinski definition) is 1. The molecule has 26 heavy (non-hydrogen) atoms. The standard InChI is InChI=1S/C18H19N3O3S2/c1-10(2)8-13(17(23)24)21-16(22)14(26-18(21)25)9-15-19-11-6-4-5-7-12(11)20(15)3/h4-7,9-10,13H,8H2,1-3H3,(H,23,24)/b14-9+/t13-/m0/s1. The molecule has 0 spiro atoms. The summed E-state index contributed by atoms with van der Waals surface area (Å²) < 4.78 is 2.16. The third-order valence-corrected chi connectivity index (χ3v) is 5.53. The number of aryl methyl sites for hydroxylation is 1. The minimum atomic E-state index is -1.04. The summed E-state index contributed by atoms with van der Waals surface area (Å²) in [5, 5.41) is 9.53. The first-order chi connectivity index (χ1) is 12.3.